The third-order valence-electron chi connectivity index (χ3n) is 2.83. The molecule has 2 heterocycles. The maximum Gasteiger partial charge on any atom is 0.0740 e. The Morgan fingerprint density at radius 2 is 1.94 bits per heavy atom. The number of hydrogen-bond acceptors (Lipinski definition) is 3. The molecule has 0 aliphatic heterocycles. The molecule has 0 fully saturated rings. The van der Waals surface area contributed by atoms with E-state index in [1.165, 1.54) is 25.1 Å². The molecule has 0 radical (unpaired) electrons. The Morgan fingerprint density at radius 1 is 1.19 bits per heavy atom. The largest absolute Gasteiger partial charge is 0.319 e. The Bertz CT molecular complexity index is 462. The van der Waals surface area contributed by atoms with Gasteiger partial charge in [-0.15, -0.1) is 22.7 Å². The molecule has 2 rings (SSSR count). The van der Waals surface area contributed by atoms with Crippen LogP contribution in [0.3, 0.4) is 0 Å². The fraction of sp³-hybridized carbons (Fsp3) is 0.385. The predicted molar refractivity (Wildman–Crippen MR) is 73.5 cm³/mol. The van der Waals surface area contributed by atoms with Crippen molar-refractivity contribution in [2.45, 2.75) is 33.2 Å². The van der Waals surface area contributed by atoms with Crippen LogP contribution in [0.25, 0.3) is 0 Å². The van der Waals surface area contributed by atoms with Crippen molar-refractivity contribution in [1.82, 2.24) is 0 Å². The van der Waals surface area contributed by atoms with Crippen molar-refractivity contribution in [2.75, 3.05) is 0 Å². The molecule has 0 aromatic carbocycles. The second kappa shape index (κ2) is 4.70. The van der Waals surface area contributed by atoms with Gasteiger partial charge in [-0.3, -0.25) is 0 Å². The SMILES string of the molecule is CCc1ccc(C(N)c2cc(C)c(C)s2)s1. The summed E-state index contributed by atoms with van der Waals surface area (Å²) in [6, 6.07) is 6.63. The van der Waals surface area contributed by atoms with Crippen LogP contribution in [0, 0.1) is 13.8 Å². The van der Waals surface area contributed by atoms with E-state index in [0.29, 0.717) is 0 Å². The molecule has 16 heavy (non-hydrogen) atoms. The van der Waals surface area contributed by atoms with Gasteiger partial charge in [0.05, 0.1) is 6.04 Å². The van der Waals surface area contributed by atoms with Crippen LogP contribution < -0.4 is 5.73 Å². The minimum absolute atomic E-state index is 0.0581. The maximum absolute atomic E-state index is 6.29. The van der Waals surface area contributed by atoms with Crippen molar-refractivity contribution < 1.29 is 0 Å². The van der Waals surface area contributed by atoms with Crippen LogP contribution in [0.4, 0.5) is 0 Å². The molecule has 2 N–H and O–H groups in total. The lowest BCUT2D eigenvalue weighted by Crippen LogP contribution is -2.07. The second-order valence-corrected chi connectivity index (χ2v) is 6.51. The van der Waals surface area contributed by atoms with E-state index in [4.69, 9.17) is 5.73 Å². The molecule has 1 nitrogen and oxygen atoms in total. The standard InChI is InChI=1S/C13H17NS2/c1-4-10-5-6-11(16-10)13(14)12-7-8(2)9(3)15-12/h5-7,13H,4,14H2,1-3H3. The van der Waals surface area contributed by atoms with Gasteiger partial charge >= 0.3 is 0 Å². The Hall–Kier alpha value is -0.640. The Kier molecular flexibility index (Phi) is 3.47. The van der Waals surface area contributed by atoms with Crippen LogP contribution in [0.5, 0.6) is 0 Å². The number of rotatable bonds is 3. The first-order valence-electron chi connectivity index (χ1n) is 5.53. The summed E-state index contributed by atoms with van der Waals surface area (Å²) in [5.74, 6) is 0. The van der Waals surface area contributed by atoms with Crippen LogP contribution in [0.1, 0.15) is 38.0 Å². The molecular formula is C13H17NS2. The summed E-state index contributed by atoms with van der Waals surface area (Å²) >= 11 is 3.65. The van der Waals surface area contributed by atoms with Crippen LogP contribution in [-0.2, 0) is 6.42 Å². The van der Waals surface area contributed by atoms with Crippen LogP contribution in [-0.4, -0.2) is 0 Å². The zero-order valence-electron chi connectivity index (χ0n) is 9.91. The van der Waals surface area contributed by atoms with E-state index in [2.05, 4.69) is 39.0 Å². The summed E-state index contributed by atoms with van der Waals surface area (Å²) in [4.78, 5) is 5.34. The van der Waals surface area contributed by atoms with Gasteiger partial charge in [0.15, 0.2) is 0 Å². The molecule has 1 atom stereocenters. The highest BCUT2D eigenvalue weighted by Gasteiger charge is 2.14. The summed E-state index contributed by atoms with van der Waals surface area (Å²) in [6.45, 7) is 6.48. The molecule has 1 unspecified atom stereocenters. The molecule has 0 amide bonds. The van der Waals surface area contributed by atoms with E-state index in [1.807, 2.05) is 22.7 Å². The van der Waals surface area contributed by atoms with Crippen LogP contribution in [0.2, 0.25) is 0 Å². The average Bonchev–Trinajstić information content (AvgIpc) is 2.86. The number of thiophene rings is 2. The Labute approximate surface area is 105 Å². The van der Waals surface area contributed by atoms with Gasteiger partial charge < -0.3 is 5.73 Å². The first-order chi connectivity index (χ1) is 7.61. The lowest BCUT2D eigenvalue weighted by molar-refractivity contribution is 0.916. The third-order valence-corrected chi connectivity index (χ3v) is 5.38. The highest BCUT2D eigenvalue weighted by atomic mass is 32.1. The molecule has 0 spiro atoms. The van der Waals surface area contributed by atoms with E-state index < -0.39 is 0 Å². The van der Waals surface area contributed by atoms with E-state index in [9.17, 15) is 0 Å². The molecule has 0 aliphatic carbocycles. The van der Waals surface area contributed by atoms with E-state index in [1.54, 1.807) is 0 Å². The van der Waals surface area contributed by atoms with Gasteiger partial charge in [0.25, 0.3) is 0 Å². The summed E-state index contributed by atoms with van der Waals surface area (Å²) < 4.78 is 0. The monoisotopic (exact) mass is 251 g/mol. The quantitative estimate of drug-likeness (QED) is 0.875. The molecule has 3 heteroatoms. The summed E-state index contributed by atoms with van der Waals surface area (Å²) in [7, 11) is 0. The maximum atomic E-state index is 6.29. The first-order valence-corrected chi connectivity index (χ1v) is 7.16. The van der Waals surface area contributed by atoms with E-state index >= 15 is 0 Å². The van der Waals surface area contributed by atoms with Gasteiger partial charge in [0.2, 0.25) is 0 Å². The molecule has 86 valence electrons. The van der Waals surface area contributed by atoms with Gasteiger partial charge in [-0.25, -0.2) is 0 Å². The van der Waals surface area contributed by atoms with Gasteiger partial charge in [0, 0.05) is 19.5 Å². The van der Waals surface area contributed by atoms with Crippen molar-refractivity contribution in [1.29, 1.82) is 0 Å². The molecule has 0 bridgehead atoms. The lowest BCUT2D eigenvalue weighted by Gasteiger charge is -2.05. The highest BCUT2D eigenvalue weighted by Crippen LogP contribution is 2.32. The molecule has 0 aliphatic rings. The van der Waals surface area contributed by atoms with Crippen molar-refractivity contribution in [2.24, 2.45) is 5.73 Å². The zero-order valence-corrected chi connectivity index (χ0v) is 11.5. The molecule has 2 aromatic heterocycles. The van der Waals surface area contributed by atoms with Gasteiger partial charge in [-0.1, -0.05) is 6.92 Å². The third kappa shape index (κ3) is 2.21. The molecule has 0 saturated heterocycles. The second-order valence-electron chi connectivity index (χ2n) is 4.02. The lowest BCUT2D eigenvalue weighted by atomic mass is 10.2. The zero-order chi connectivity index (χ0) is 11.7. The minimum Gasteiger partial charge on any atom is -0.319 e. The average molecular weight is 251 g/mol. The Balaban J connectivity index is 2.27. The van der Waals surface area contributed by atoms with Crippen LogP contribution in [0.15, 0.2) is 18.2 Å². The van der Waals surface area contributed by atoms with Crippen LogP contribution >= 0.6 is 22.7 Å². The summed E-state index contributed by atoms with van der Waals surface area (Å²) in [5.41, 5.74) is 7.64. The molecule has 0 saturated carbocycles. The summed E-state index contributed by atoms with van der Waals surface area (Å²) in [5, 5.41) is 0. The van der Waals surface area contributed by atoms with E-state index in [-0.39, 0.29) is 6.04 Å². The number of nitrogens with two attached hydrogens (primary N) is 1. The molecule has 2 aromatic rings. The fourth-order valence-corrected chi connectivity index (χ4v) is 3.76. The fourth-order valence-electron chi connectivity index (χ4n) is 1.65. The number of hydrogen-bond donors (Lipinski definition) is 1. The Morgan fingerprint density at radius 3 is 2.44 bits per heavy atom. The topological polar surface area (TPSA) is 26.0 Å². The molecular weight excluding hydrogens is 234 g/mol. The van der Waals surface area contributed by atoms with Crippen molar-refractivity contribution >= 4 is 22.7 Å². The van der Waals surface area contributed by atoms with E-state index in [0.717, 1.165) is 6.42 Å². The minimum atomic E-state index is 0.0581. The van der Waals surface area contributed by atoms with Crippen molar-refractivity contribution in [3.63, 3.8) is 0 Å². The van der Waals surface area contributed by atoms with Crippen molar-refractivity contribution in [3.05, 3.63) is 43.3 Å². The summed E-state index contributed by atoms with van der Waals surface area (Å²) in [6.07, 6.45) is 1.10. The first kappa shape index (κ1) is 11.8. The predicted octanol–water partition coefficient (Wildman–Crippen LogP) is 4.04. The number of aryl methyl sites for hydroxylation is 3. The highest BCUT2D eigenvalue weighted by molar-refractivity contribution is 7.13. The van der Waals surface area contributed by atoms with Gasteiger partial charge in [-0.05, 0) is 44.0 Å². The van der Waals surface area contributed by atoms with Gasteiger partial charge in [0.1, 0.15) is 0 Å². The van der Waals surface area contributed by atoms with Gasteiger partial charge in [-0.2, -0.15) is 0 Å². The normalized spacial score (nSPS) is 13.0. The smallest absolute Gasteiger partial charge is 0.0740 e. The van der Waals surface area contributed by atoms with Crippen molar-refractivity contribution in [3.8, 4) is 0 Å².